The number of methoxy groups -OCH3 is 2. The molecule has 5 aliphatic rings. The number of hydrogen-bond donors (Lipinski definition) is 2. The molecule has 1 saturated heterocycles. The number of anilines is 4. The lowest BCUT2D eigenvalue weighted by atomic mass is 10.1. The van der Waals surface area contributed by atoms with E-state index in [2.05, 4.69) is 49.3 Å². The first-order valence-electron chi connectivity index (χ1n) is 22.9. The Morgan fingerprint density at radius 1 is 0.868 bits per heavy atom. The normalized spacial score (nSPS) is 18.9. The van der Waals surface area contributed by atoms with Crippen LogP contribution in [0, 0.1) is 0 Å². The molecule has 0 saturated carbocycles. The first-order valence-corrected chi connectivity index (χ1v) is 25.2. The van der Waals surface area contributed by atoms with Crippen molar-refractivity contribution in [2.24, 2.45) is 4.99 Å². The molecule has 1 unspecified atom stereocenters. The topological polar surface area (TPSA) is 172 Å². The van der Waals surface area contributed by atoms with Gasteiger partial charge in [0.05, 0.1) is 62.0 Å². The van der Waals surface area contributed by atoms with E-state index in [1.807, 2.05) is 41.4 Å². The molecule has 2 N–H and O–H groups in total. The fourth-order valence-corrected chi connectivity index (χ4v) is 12.0. The van der Waals surface area contributed by atoms with Gasteiger partial charge in [-0.05, 0) is 68.1 Å². The summed E-state index contributed by atoms with van der Waals surface area (Å²) >= 11 is 0. The Morgan fingerprint density at radius 2 is 1.59 bits per heavy atom. The van der Waals surface area contributed by atoms with Crippen molar-refractivity contribution >= 4 is 79.9 Å². The second kappa shape index (κ2) is 19.9. The van der Waals surface area contributed by atoms with Crippen molar-refractivity contribution in [1.82, 2.24) is 5.06 Å². The lowest BCUT2D eigenvalue weighted by Crippen LogP contribution is -2.39. The molecule has 0 aromatic heterocycles. The maximum Gasteiger partial charge on any atom is 0.332 e. The van der Waals surface area contributed by atoms with Crippen LogP contribution in [0.15, 0.2) is 71.7 Å². The van der Waals surface area contributed by atoms with Crippen molar-refractivity contribution in [3.05, 3.63) is 89.0 Å². The molecule has 0 radical (unpaired) electrons. The van der Waals surface area contributed by atoms with Crippen LogP contribution < -0.4 is 39.0 Å². The largest absolute Gasteiger partial charge is 0.493 e. The summed E-state index contributed by atoms with van der Waals surface area (Å²) in [5.74, 6) is 1.44. The van der Waals surface area contributed by atoms with Gasteiger partial charge in [0.15, 0.2) is 29.2 Å². The fraction of sp³-hybridized carbons (Fsp3) is 0.420. The zero-order valence-electron chi connectivity index (χ0n) is 38.8. The number of amides is 3. The van der Waals surface area contributed by atoms with Crippen LogP contribution in [0.4, 0.5) is 28.4 Å². The first-order chi connectivity index (χ1) is 32.8. The highest BCUT2D eigenvalue weighted by molar-refractivity contribution is 8.77. The molecule has 358 valence electrons. The zero-order valence-corrected chi connectivity index (χ0v) is 40.5. The Balaban J connectivity index is 0.784. The molecular formula is C50H56N6O10S2. The third-order valence-corrected chi connectivity index (χ3v) is 16.0. The van der Waals surface area contributed by atoms with Crippen LogP contribution in [-0.2, 0) is 27.3 Å². The maximum absolute atomic E-state index is 14.5. The molecule has 5 heterocycles. The van der Waals surface area contributed by atoms with Crippen LogP contribution in [0.1, 0.15) is 77.8 Å². The molecule has 5 aliphatic heterocycles. The van der Waals surface area contributed by atoms with E-state index in [9.17, 15) is 24.3 Å². The molecule has 3 amide bonds. The van der Waals surface area contributed by atoms with Gasteiger partial charge in [0.25, 0.3) is 17.7 Å². The molecule has 16 nitrogen and oxygen atoms in total. The summed E-state index contributed by atoms with van der Waals surface area (Å²) in [5.41, 5.74) is 7.18. The average Bonchev–Trinajstić information content (AvgIpc) is 3.94. The van der Waals surface area contributed by atoms with Gasteiger partial charge in [-0.15, -0.1) is 5.06 Å². The third-order valence-electron chi connectivity index (χ3n) is 12.6. The van der Waals surface area contributed by atoms with E-state index in [4.69, 9.17) is 28.8 Å². The number of nitrogens with one attached hydrogen (secondary N) is 1. The maximum atomic E-state index is 14.5. The first kappa shape index (κ1) is 47.0. The minimum absolute atomic E-state index is 0.0813. The van der Waals surface area contributed by atoms with Gasteiger partial charge in [0.1, 0.15) is 0 Å². The van der Waals surface area contributed by atoms with Crippen molar-refractivity contribution in [3.8, 4) is 23.0 Å². The predicted octanol–water partition coefficient (Wildman–Crippen LogP) is 7.61. The van der Waals surface area contributed by atoms with Gasteiger partial charge in [0, 0.05) is 98.2 Å². The van der Waals surface area contributed by atoms with Crippen molar-refractivity contribution in [2.45, 2.75) is 81.9 Å². The summed E-state index contributed by atoms with van der Waals surface area (Å²) in [7, 11) is 8.58. The lowest BCUT2D eigenvalue weighted by molar-refractivity contribution is -0.220. The van der Waals surface area contributed by atoms with Crippen LogP contribution >= 0.6 is 21.6 Å². The summed E-state index contributed by atoms with van der Waals surface area (Å²) in [4.78, 5) is 68.0. The smallest absolute Gasteiger partial charge is 0.332 e. The van der Waals surface area contributed by atoms with Gasteiger partial charge in [-0.2, -0.15) is 0 Å². The molecule has 0 spiro atoms. The minimum Gasteiger partial charge on any atom is -0.493 e. The molecule has 0 aliphatic carbocycles. The van der Waals surface area contributed by atoms with Crippen LogP contribution in [0.3, 0.4) is 0 Å². The molecule has 4 aromatic carbocycles. The highest BCUT2D eigenvalue weighted by Crippen LogP contribution is 2.44. The van der Waals surface area contributed by atoms with Crippen molar-refractivity contribution in [3.63, 3.8) is 0 Å². The molecule has 3 atom stereocenters. The Morgan fingerprint density at radius 3 is 2.34 bits per heavy atom. The lowest BCUT2D eigenvalue weighted by Gasteiger charge is -2.31. The number of carbonyl (C=O) groups excluding carboxylic acids is 4. The van der Waals surface area contributed by atoms with E-state index in [0.29, 0.717) is 90.3 Å². The SMILES string of the molecule is COc1cc2c(cc1OCCCOc1cc3c(cc1OC)C(=O)N1c4cc(N(C)CC(C)(C)SSCCCC(=O)ON5C(=O)CCC5O)ccc4C[C@H]1CN3)N=C[C@@H]1Cc3ccccc3N1C2=O. The third kappa shape index (κ3) is 9.63. The Bertz CT molecular complexity index is 2650. The number of hydrogen-bond acceptors (Lipinski definition) is 15. The molecule has 0 bridgehead atoms. The summed E-state index contributed by atoms with van der Waals surface area (Å²) < 4.78 is 23.7. The Labute approximate surface area is 403 Å². The number of nitrogens with zero attached hydrogens (tertiary/aromatic N) is 5. The summed E-state index contributed by atoms with van der Waals surface area (Å²) in [6, 6.07) is 21.1. The number of rotatable bonds is 18. The molecular weight excluding hydrogens is 909 g/mol. The number of benzene rings is 4. The van der Waals surface area contributed by atoms with Gasteiger partial charge >= 0.3 is 5.97 Å². The van der Waals surface area contributed by atoms with Gasteiger partial charge in [0.2, 0.25) is 0 Å². The minimum atomic E-state index is -1.07. The van der Waals surface area contributed by atoms with E-state index in [1.165, 1.54) is 0 Å². The Kier molecular flexibility index (Phi) is 13.7. The standard InChI is InChI=1S/C50H56N6O10S2/c1-50(2,68-67-19-8-12-47(59)66-56-45(57)15-16-46(56)58)29-53(3)32-14-13-31-21-34-28-52-38-26-44(42(63-5)24-36(38)49(61)55(34)40(31)22-32)65-18-9-17-64-43-25-37-35(23-41(43)62-4)48(60)54-33(27-51-37)20-30-10-6-7-11-39(30)54/h6-7,10-11,13-14,22-27,33-34,45,52,57H,8-9,12,15-21,28-29H2,1-5H3/t33-,34-,45?/m0/s1. The average molecular weight is 965 g/mol. The number of aliphatic hydroxyl groups is 1. The van der Waals surface area contributed by atoms with E-state index in [0.717, 1.165) is 46.2 Å². The van der Waals surface area contributed by atoms with Crippen LogP contribution in [0.5, 0.6) is 23.0 Å². The molecule has 68 heavy (non-hydrogen) atoms. The molecule has 9 rings (SSSR count). The van der Waals surface area contributed by atoms with Gasteiger partial charge in [-0.1, -0.05) is 45.9 Å². The molecule has 18 heteroatoms. The fourth-order valence-electron chi connectivity index (χ4n) is 9.37. The Hall–Kier alpha value is -6.11. The summed E-state index contributed by atoms with van der Waals surface area (Å²) in [6.45, 7) is 6.24. The number of fused-ring (bicyclic) bond motifs is 8. The van der Waals surface area contributed by atoms with Gasteiger partial charge in [-0.25, -0.2) is 4.79 Å². The summed E-state index contributed by atoms with van der Waals surface area (Å²) in [6.07, 6.45) is 3.88. The van der Waals surface area contributed by atoms with Crippen molar-refractivity contribution in [1.29, 1.82) is 0 Å². The molecule has 1 fully saturated rings. The van der Waals surface area contributed by atoms with E-state index < -0.39 is 12.2 Å². The van der Waals surface area contributed by atoms with Gasteiger partial charge < -0.3 is 44.0 Å². The number of ether oxygens (including phenoxy) is 4. The number of hydroxylamine groups is 2. The van der Waals surface area contributed by atoms with Crippen molar-refractivity contribution < 1.29 is 48.1 Å². The number of carbonyl (C=O) groups is 4. The van der Waals surface area contributed by atoms with Crippen LogP contribution in [-0.4, -0.2) is 116 Å². The highest BCUT2D eigenvalue weighted by Gasteiger charge is 2.40. The zero-order chi connectivity index (χ0) is 47.7. The monoisotopic (exact) mass is 964 g/mol. The van der Waals surface area contributed by atoms with E-state index in [1.54, 1.807) is 58.9 Å². The second-order valence-electron chi connectivity index (χ2n) is 18.0. The second-order valence-corrected chi connectivity index (χ2v) is 21.1. The van der Waals surface area contributed by atoms with Gasteiger partial charge in [-0.3, -0.25) is 24.3 Å². The number of para-hydroxylation sites is 1. The van der Waals surface area contributed by atoms with Crippen molar-refractivity contribution in [2.75, 3.05) is 73.3 Å². The predicted molar refractivity (Wildman–Crippen MR) is 265 cm³/mol. The number of aliphatic imine (C=N–C) groups is 1. The quantitative estimate of drug-likeness (QED) is 0.0737. The van der Waals surface area contributed by atoms with Crippen LogP contribution in [0.25, 0.3) is 0 Å². The van der Waals surface area contributed by atoms with Crippen LogP contribution in [0.2, 0.25) is 0 Å². The molecule has 4 aromatic rings. The number of aliphatic hydroxyl groups excluding tert-OH is 1. The summed E-state index contributed by atoms with van der Waals surface area (Å²) in [5, 5.41) is 14.1. The highest BCUT2D eigenvalue weighted by atomic mass is 33.1. The van der Waals surface area contributed by atoms with E-state index in [-0.39, 0.29) is 53.8 Å². The van der Waals surface area contributed by atoms with E-state index >= 15 is 0 Å².